The molecule has 114 valence electrons. The lowest BCUT2D eigenvalue weighted by molar-refractivity contribution is 0.305. The first-order valence-corrected chi connectivity index (χ1v) is 7.88. The fourth-order valence-electron chi connectivity index (χ4n) is 1.86. The largest absolute Gasteiger partial charge is 0.494 e. The van der Waals surface area contributed by atoms with Crippen LogP contribution < -0.4 is 4.74 Å². The first-order chi connectivity index (χ1) is 10.8. The highest BCUT2D eigenvalue weighted by Gasteiger charge is 1.95. The normalized spacial score (nSPS) is 9.91. The molecular weight excluding hydrogens is 296 g/mol. The molecule has 1 heterocycles. The quantitative estimate of drug-likeness (QED) is 0.582. The van der Waals surface area contributed by atoms with E-state index in [0.29, 0.717) is 10.8 Å². The molecular formula is C18H19ClN2O. The van der Waals surface area contributed by atoms with Gasteiger partial charge in [0.15, 0.2) is 0 Å². The van der Waals surface area contributed by atoms with E-state index in [1.54, 1.807) is 0 Å². The van der Waals surface area contributed by atoms with Crippen molar-refractivity contribution >= 4 is 11.6 Å². The van der Waals surface area contributed by atoms with Crippen LogP contribution in [0.5, 0.6) is 5.75 Å². The van der Waals surface area contributed by atoms with E-state index in [4.69, 9.17) is 16.3 Å². The van der Waals surface area contributed by atoms with E-state index in [-0.39, 0.29) is 0 Å². The maximum absolute atomic E-state index is 5.73. The van der Waals surface area contributed by atoms with Gasteiger partial charge < -0.3 is 4.74 Å². The van der Waals surface area contributed by atoms with Crippen molar-refractivity contribution in [3.63, 3.8) is 0 Å². The van der Waals surface area contributed by atoms with Crippen LogP contribution in [0.3, 0.4) is 0 Å². The maximum atomic E-state index is 5.73. The molecule has 3 nitrogen and oxygen atoms in total. The summed E-state index contributed by atoms with van der Waals surface area (Å²) in [4.78, 5) is 8.07. The van der Waals surface area contributed by atoms with Gasteiger partial charge >= 0.3 is 0 Å². The Balaban J connectivity index is 1.85. The number of nitrogens with zero attached hydrogens (tertiary/aromatic N) is 2. The Kier molecular flexibility index (Phi) is 6.73. The fourth-order valence-corrected chi connectivity index (χ4v) is 1.96. The van der Waals surface area contributed by atoms with Gasteiger partial charge in [0.05, 0.1) is 24.0 Å². The molecule has 0 aliphatic rings. The number of hydrogen-bond acceptors (Lipinski definition) is 3. The lowest BCUT2D eigenvalue weighted by Crippen LogP contribution is -1.97. The third-order valence-corrected chi connectivity index (χ3v) is 3.26. The second kappa shape index (κ2) is 9.07. The molecule has 1 aromatic heterocycles. The van der Waals surface area contributed by atoms with Crippen LogP contribution in [0.15, 0.2) is 36.7 Å². The zero-order valence-electron chi connectivity index (χ0n) is 12.7. The molecule has 1 aromatic carbocycles. The van der Waals surface area contributed by atoms with Gasteiger partial charge in [-0.25, -0.2) is 9.97 Å². The number of hydrogen-bond donors (Lipinski definition) is 0. The highest BCUT2D eigenvalue weighted by atomic mass is 35.5. The van der Waals surface area contributed by atoms with E-state index >= 15 is 0 Å². The first-order valence-electron chi connectivity index (χ1n) is 7.50. The Morgan fingerprint density at radius 1 is 1.00 bits per heavy atom. The van der Waals surface area contributed by atoms with Gasteiger partial charge in [0.1, 0.15) is 5.75 Å². The van der Waals surface area contributed by atoms with Crippen LogP contribution >= 0.6 is 11.6 Å². The van der Waals surface area contributed by atoms with E-state index in [2.05, 4.69) is 28.7 Å². The molecule has 0 unspecified atom stereocenters. The minimum Gasteiger partial charge on any atom is -0.494 e. The summed E-state index contributed by atoms with van der Waals surface area (Å²) >= 11 is 5.73. The predicted octanol–water partition coefficient (Wildman–Crippen LogP) is 4.49. The minimum atomic E-state index is 0.459. The van der Waals surface area contributed by atoms with Gasteiger partial charge in [0.2, 0.25) is 5.82 Å². The lowest BCUT2D eigenvalue weighted by atomic mass is 10.2. The summed E-state index contributed by atoms with van der Waals surface area (Å²) in [6, 6.07) is 7.74. The highest BCUT2D eigenvalue weighted by molar-refractivity contribution is 6.30. The lowest BCUT2D eigenvalue weighted by Gasteiger charge is -2.05. The summed E-state index contributed by atoms with van der Waals surface area (Å²) in [7, 11) is 0. The molecule has 0 spiro atoms. The van der Waals surface area contributed by atoms with Gasteiger partial charge in [0, 0.05) is 5.56 Å². The van der Waals surface area contributed by atoms with Crippen molar-refractivity contribution in [1.29, 1.82) is 0 Å². The van der Waals surface area contributed by atoms with E-state index < -0.39 is 0 Å². The Morgan fingerprint density at radius 2 is 1.73 bits per heavy atom. The summed E-state index contributed by atoms with van der Waals surface area (Å²) in [5, 5.41) is 0.506. The SMILES string of the molecule is CCCCCCOc1ccc(C#Cc2ncc(Cl)cn2)cc1. The van der Waals surface area contributed by atoms with Crippen molar-refractivity contribution in [3.8, 4) is 17.6 Å². The van der Waals surface area contributed by atoms with E-state index in [1.807, 2.05) is 24.3 Å². The molecule has 0 amide bonds. The van der Waals surface area contributed by atoms with Gasteiger partial charge in [0.25, 0.3) is 0 Å². The number of halogens is 1. The monoisotopic (exact) mass is 314 g/mol. The summed E-state index contributed by atoms with van der Waals surface area (Å²) in [6.07, 6.45) is 7.90. The van der Waals surface area contributed by atoms with Crippen LogP contribution in [-0.2, 0) is 0 Å². The molecule has 22 heavy (non-hydrogen) atoms. The number of rotatable bonds is 6. The minimum absolute atomic E-state index is 0.459. The highest BCUT2D eigenvalue weighted by Crippen LogP contribution is 2.12. The number of ether oxygens (including phenoxy) is 1. The van der Waals surface area contributed by atoms with Crippen molar-refractivity contribution < 1.29 is 4.74 Å². The van der Waals surface area contributed by atoms with Crippen LogP contribution in [0, 0.1) is 11.8 Å². The van der Waals surface area contributed by atoms with Gasteiger partial charge in [-0.05, 0) is 36.6 Å². The van der Waals surface area contributed by atoms with Crippen LogP contribution in [0.2, 0.25) is 5.02 Å². The second-order valence-electron chi connectivity index (χ2n) is 4.91. The zero-order chi connectivity index (χ0) is 15.6. The third kappa shape index (κ3) is 5.75. The number of aromatic nitrogens is 2. The molecule has 0 aliphatic heterocycles. The van der Waals surface area contributed by atoms with Crippen LogP contribution in [0.1, 0.15) is 44.0 Å². The Morgan fingerprint density at radius 3 is 2.41 bits per heavy atom. The molecule has 2 rings (SSSR count). The maximum Gasteiger partial charge on any atom is 0.205 e. The van der Waals surface area contributed by atoms with Crippen LogP contribution in [-0.4, -0.2) is 16.6 Å². The molecule has 4 heteroatoms. The smallest absolute Gasteiger partial charge is 0.205 e. The Labute approximate surface area is 136 Å². The van der Waals surface area contributed by atoms with Gasteiger partial charge in [-0.2, -0.15) is 0 Å². The molecule has 0 N–H and O–H groups in total. The van der Waals surface area contributed by atoms with Gasteiger partial charge in [-0.15, -0.1) is 0 Å². The Hall–Kier alpha value is -2.05. The Bertz CT molecular complexity index is 627. The standard InChI is InChI=1S/C18H19ClN2O/c1-2-3-4-5-12-22-17-9-6-15(7-10-17)8-11-18-20-13-16(19)14-21-18/h6-7,9-10,13-14H,2-5,12H2,1H3. The number of unbranched alkanes of at least 4 members (excludes halogenated alkanes) is 3. The van der Waals surface area contributed by atoms with Crippen molar-refractivity contribution in [2.45, 2.75) is 32.6 Å². The first kappa shape index (κ1) is 16.3. The number of benzene rings is 1. The average Bonchev–Trinajstić information content (AvgIpc) is 2.55. The van der Waals surface area contributed by atoms with E-state index in [9.17, 15) is 0 Å². The molecule has 0 bridgehead atoms. The van der Waals surface area contributed by atoms with Gasteiger partial charge in [-0.1, -0.05) is 43.7 Å². The van der Waals surface area contributed by atoms with Crippen molar-refractivity contribution in [3.05, 3.63) is 53.1 Å². The molecule has 0 radical (unpaired) electrons. The second-order valence-corrected chi connectivity index (χ2v) is 5.34. The molecule has 0 aliphatic carbocycles. The summed E-state index contributed by atoms with van der Waals surface area (Å²) < 4.78 is 5.70. The van der Waals surface area contributed by atoms with E-state index in [0.717, 1.165) is 24.3 Å². The topological polar surface area (TPSA) is 35.0 Å². The van der Waals surface area contributed by atoms with Crippen molar-refractivity contribution in [1.82, 2.24) is 9.97 Å². The summed E-state index contributed by atoms with van der Waals surface area (Å²) in [5.41, 5.74) is 0.900. The van der Waals surface area contributed by atoms with E-state index in [1.165, 1.54) is 31.7 Å². The fraction of sp³-hybridized carbons (Fsp3) is 0.333. The van der Waals surface area contributed by atoms with Gasteiger partial charge in [-0.3, -0.25) is 0 Å². The third-order valence-electron chi connectivity index (χ3n) is 3.06. The van der Waals surface area contributed by atoms with Crippen molar-refractivity contribution in [2.75, 3.05) is 6.61 Å². The predicted molar refractivity (Wildman–Crippen MR) is 89.1 cm³/mol. The molecule has 0 saturated carbocycles. The average molecular weight is 315 g/mol. The summed E-state index contributed by atoms with van der Waals surface area (Å²) in [5.74, 6) is 7.26. The van der Waals surface area contributed by atoms with Crippen molar-refractivity contribution in [2.24, 2.45) is 0 Å². The van der Waals surface area contributed by atoms with Crippen LogP contribution in [0.25, 0.3) is 0 Å². The molecule has 2 aromatic rings. The summed E-state index contributed by atoms with van der Waals surface area (Å²) in [6.45, 7) is 2.97. The molecule has 0 saturated heterocycles. The zero-order valence-corrected chi connectivity index (χ0v) is 13.4. The van der Waals surface area contributed by atoms with Crippen LogP contribution in [0.4, 0.5) is 0 Å². The molecule has 0 fully saturated rings. The molecule has 0 atom stereocenters.